The monoisotopic (exact) mass is 81.0 g/mol. The van der Waals surface area contributed by atoms with Gasteiger partial charge in [0.2, 0.25) is 0 Å². The Bertz CT molecular complexity index is 108. The second-order valence-corrected chi connectivity index (χ2v) is 0.670. The van der Waals surface area contributed by atoms with Gasteiger partial charge in [-0.1, -0.05) is 6.58 Å². The van der Waals surface area contributed by atoms with Crippen LogP contribution < -0.4 is 0 Å². The molecule has 6 heavy (non-hydrogen) atoms. The topological polar surface area (TPSA) is 60.0 Å². The zero-order valence-electron chi connectivity index (χ0n) is 3.10. The molecule has 0 aromatic rings. The second-order valence-electron chi connectivity index (χ2n) is 0.670. The number of nitriles is 1. The van der Waals surface area contributed by atoms with Crippen LogP contribution in [-0.2, 0) is 0 Å². The molecule has 0 spiro atoms. The van der Waals surface area contributed by atoms with Gasteiger partial charge in [0, 0.05) is 0 Å². The summed E-state index contributed by atoms with van der Waals surface area (Å²) >= 11 is 0. The molecule has 30 valence electrons. The Kier molecular flexibility index (Phi) is 1.68. The lowest BCUT2D eigenvalue weighted by Gasteiger charge is -1.66. The van der Waals surface area contributed by atoms with Gasteiger partial charge in [0.25, 0.3) is 0 Å². The largest absolute Gasteiger partial charge is 0.204 e. The molecule has 0 rings (SSSR count). The minimum Gasteiger partial charge on any atom is -0.204 e. The van der Waals surface area contributed by atoms with Crippen LogP contribution in [0.4, 0.5) is 0 Å². The van der Waals surface area contributed by atoms with E-state index in [1.807, 2.05) is 0 Å². The molecule has 0 unspecified atom stereocenters. The predicted octanol–water partition coefficient (Wildman–Crippen LogP) is 1.05. The molecule has 0 amide bonds. The first-order valence-corrected chi connectivity index (χ1v) is 1.27. The lowest BCUT2D eigenvalue weighted by atomic mass is 10.6. The zero-order chi connectivity index (χ0) is 4.99. The van der Waals surface area contributed by atoms with Gasteiger partial charge in [0.1, 0.15) is 6.07 Å². The number of allylic oxidation sites excluding steroid dienone is 1. The van der Waals surface area contributed by atoms with Crippen LogP contribution in [0.5, 0.6) is 0 Å². The quantitative estimate of drug-likeness (QED) is 0.372. The average Bonchev–Trinajstić information content (AvgIpc) is 1.65. The SMILES string of the molecule is C=C(C#N)N=N. The van der Waals surface area contributed by atoms with Gasteiger partial charge in [-0.3, -0.25) is 0 Å². The first-order valence-electron chi connectivity index (χ1n) is 1.27. The Morgan fingerprint density at radius 2 is 2.50 bits per heavy atom. The Hall–Kier alpha value is -1.17. The fourth-order valence-electron chi connectivity index (χ4n) is 0.0250. The molecule has 0 radical (unpaired) electrons. The van der Waals surface area contributed by atoms with Crippen molar-refractivity contribution in [2.24, 2.45) is 5.11 Å². The minimum absolute atomic E-state index is 0.0602. The summed E-state index contributed by atoms with van der Waals surface area (Å²) in [6.07, 6.45) is 0. The molecule has 0 aromatic carbocycles. The van der Waals surface area contributed by atoms with Crippen LogP contribution in [0.15, 0.2) is 17.4 Å². The van der Waals surface area contributed by atoms with E-state index in [0.717, 1.165) is 0 Å². The summed E-state index contributed by atoms with van der Waals surface area (Å²) in [5.41, 5.74) is 6.05. The number of hydrogen-bond acceptors (Lipinski definition) is 3. The van der Waals surface area contributed by atoms with E-state index in [2.05, 4.69) is 11.7 Å². The van der Waals surface area contributed by atoms with Gasteiger partial charge in [0.05, 0.1) is 0 Å². The summed E-state index contributed by atoms with van der Waals surface area (Å²) in [5.74, 6) is 0. The standard InChI is InChI=1S/C3H3N3/c1-3(2-4)6-5/h5H,1H2. The minimum atomic E-state index is -0.0602. The second kappa shape index (κ2) is 2.09. The fourth-order valence-corrected chi connectivity index (χ4v) is 0.0250. The Morgan fingerprint density at radius 3 is 2.50 bits per heavy atom. The average molecular weight is 81.1 g/mol. The number of rotatable bonds is 1. The summed E-state index contributed by atoms with van der Waals surface area (Å²) < 4.78 is 0. The first kappa shape index (κ1) is 4.83. The van der Waals surface area contributed by atoms with E-state index >= 15 is 0 Å². The van der Waals surface area contributed by atoms with Crippen LogP contribution in [0.25, 0.3) is 0 Å². The molecule has 1 N–H and O–H groups in total. The number of nitrogens with one attached hydrogen (secondary N) is 1. The molecule has 0 aliphatic heterocycles. The van der Waals surface area contributed by atoms with Crippen LogP contribution in [0.1, 0.15) is 0 Å². The normalized spacial score (nSPS) is 5.83. The molecule has 0 fully saturated rings. The molecule has 0 heterocycles. The van der Waals surface area contributed by atoms with E-state index in [1.165, 1.54) is 0 Å². The van der Waals surface area contributed by atoms with Gasteiger partial charge in [-0.2, -0.15) is 5.26 Å². The molecule has 0 saturated heterocycles. The van der Waals surface area contributed by atoms with Crippen LogP contribution in [0.2, 0.25) is 0 Å². The van der Waals surface area contributed by atoms with Crippen molar-refractivity contribution in [2.75, 3.05) is 0 Å². The Labute approximate surface area is 35.4 Å². The van der Waals surface area contributed by atoms with E-state index in [0.29, 0.717) is 0 Å². The first-order chi connectivity index (χ1) is 2.81. The van der Waals surface area contributed by atoms with Crippen molar-refractivity contribution in [2.45, 2.75) is 0 Å². The summed E-state index contributed by atoms with van der Waals surface area (Å²) in [7, 11) is 0. The van der Waals surface area contributed by atoms with Crippen molar-refractivity contribution >= 4 is 0 Å². The summed E-state index contributed by atoms with van der Waals surface area (Å²) in [6.45, 7) is 3.08. The van der Waals surface area contributed by atoms with E-state index in [4.69, 9.17) is 10.8 Å². The number of hydrogen-bond donors (Lipinski definition) is 1. The van der Waals surface area contributed by atoms with E-state index in [1.54, 1.807) is 6.07 Å². The molecule has 0 aromatic heterocycles. The molecular formula is C3H3N3. The van der Waals surface area contributed by atoms with Crippen LogP contribution >= 0.6 is 0 Å². The summed E-state index contributed by atoms with van der Waals surface area (Å²) in [4.78, 5) is 0. The lowest BCUT2D eigenvalue weighted by molar-refractivity contribution is 1.10. The molecule has 0 aliphatic rings. The van der Waals surface area contributed by atoms with Crippen molar-refractivity contribution in [3.05, 3.63) is 12.3 Å². The van der Waals surface area contributed by atoms with E-state index in [-0.39, 0.29) is 5.70 Å². The lowest BCUT2D eigenvalue weighted by Crippen LogP contribution is -1.56. The Balaban J connectivity index is 3.63. The van der Waals surface area contributed by atoms with Crippen molar-refractivity contribution in [3.63, 3.8) is 0 Å². The van der Waals surface area contributed by atoms with Gasteiger partial charge >= 0.3 is 0 Å². The maximum absolute atomic E-state index is 7.77. The van der Waals surface area contributed by atoms with Gasteiger partial charge in [-0.05, 0) is 0 Å². The van der Waals surface area contributed by atoms with E-state index < -0.39 is 0 Å². The maximum atomic E-state index is 7.77. The molecule has 0 saturated carbocycles. The third kappa shape index (κ3) is 1.18. The molecule has 0 aliphatic carbocycles. The van der Waals surface area contributed by atoms with Crippen LogP contribution in [-0.4, -0.2) is 0 Å². The van der Waals surface area contributed by atoms with Gasteiger partial charge in [0.15, 0.2) is 5.70 Å². The third-order valence-electron chi connectivity index (χ3n) is 0.264. The van der Waals surface area contributed by atoms with Crippen LogP contribution in [0, 0.1) is 16.9 Å². The molecular weight excluding hydrogens is 78.1 g/mol. The summed E-state index contributed by atoms with van der Waals surface area (Å²) in [5, 5.41) is 10.5. The zero-order valence-corrected chi connectivity index (χ0v) is 3.10. The molecule has 0 bridgehead atoms. The van der Waals surface area contributed by atoms with E-state index in [9.17, 15) is 0 Å². The fraction of sp³-hybridized carbons (Fsp3) is 0. The number of nitrogens with zero attached hydrogens (tertiary/aromatic N) is 2. The highest BCUT2D eigenvalue weighted by Gasteiger charge is 1.74. The van der Waals surface area contributed by atoms with Crippen molar-refractivity contribution in [3.8, 4) is 6.07 Å². The summed E-state index contributed by atoms with van der Waals surface area (Å²) in [6, 6.07) is 1.57. The smallest absolute Gasteiger partial charge is 0.155 e. The van der Waals surface area contributed by atoms with Crippen molar-refractivity contribution in [1.82, 2.24) is 0 Å². The maximum Gasteiger partial charge on any atom is 0.155 e. The van der Waals surface area contributed by atoms with Crippen LogP contribution in [0.3, 0.4) is 0 Å². The Morgan fingerprint density at radius 1 is 2.00 bits per heavy atom. The third-order valence-corrected chi connectivity index (χ3v) is 0.264. The molecule has 3 heteroatoms. The van der Waals surface area contributed by atoms with Gasteiger partial charge in [-0.25, -0.2) is 5.53 Å². The molecule has 0 atom stereocenters. The van der Waals surface area contributed by atoms with Crippen molar-refractivity contribution < 1.29 is 0 Å². The highest BCUT2D eigenvalue weighted by Crippen LogP contribution is 1.82. The highest BCUT2D eigenvalue weighted by molar-refractivity contribution is 5.11. The van der Waals surface area contributed by atoms with Gasteiger partial charge in [-0.15, -0.1) is 5.11 Å². The predicted molar refractivity (Wildman–Crippen MR) is 19.9 cm³/mol. The highest BCUT2D eigenvalue weighted by atomic mass is 15.0. The van der Waals surface area contributed by atoms with Gasteiger partial charge < -0.3 is 0 Å². The van der Waals surface area contributed by atoms with Crippen molar-refractivity contribution in [1.29, 1.82) is 10.8 Å². The molecule has 3 nitrogen and oxygen atoms in total.